The molecule has 1 aromatic carbocycles. The summed E-state index contributed by atoms with van der Waals surface area (Å²) in [4.78, 5) is 38.8. The number of hydrogen-bond donors (Lipinski definition) is 3. The van der Waals surface area contributed by atoms with Crippen LogP contribution in [0.25, 0.3) is 0 Å². The number of carbonyl (C=O) groups excluding carboxylic acids is 1. The Morgan fingerprint density at radius 1 is 1.21 bits per heavy atom. The molecule has 6 nitrogen and oxygen atoms in total. The number of anilines is 1. The minimum Gasteiger partial charge on any atom is -0.326 e. The Morgan fingerprint density at radius 3 is 2.46 bits per heavy atom. The Balaban J connectivity index is 2.23. The number of hydrogen-bond acceptors (Lipinski definition) is 3. The summed E-state index contributed by atoms with van der Waals surface area (Å²) in [6.07, 6.45) is -5.38. The molecule has 3 N–H and O–H groups in total. The molecule has 0 saturated carbocycles. The van der Waals surface area contributed by atoms with Crippen molar-refractivity contribution in [2.45, 2.75) is 19.5 Å². The predicted molar refractivity (Wildman–Crippen MR) is 76.2 cm³/mol. The molecule has 0 fully saturated rings. The Morgan fingerprint density at radius 2 is 1.88 bits per heavy atom. The molecular formula is C14H11F4N3O3. The Kier molecular flexibility index (Phi) is 4.58. The van der Waals surface area contributed by atoms with E-state index < -0.39 is 41.1 Å². The van der Waals surface area contributed by atoms with Crippen LogP contribution in [0.5, 0.6) is 0 Å². The summed E-state index contributed by atoms with van der Waals surface area (Å²) >= 11 is 0. The molecule has 0 unspecified atom stereocenters. The van der Waals surface area contributed by atoms with Gasteiger partial charge in [-0.2, -0.15) is 13.2 Å². The summed E-state index contributed by atoms with van der Waals surface area (Å²) in [7, 11) is 0. The lowest BCUT2D eigenvalue weighted by Gasteiger charge is -2.11. The van der Waals surface area contributed by atoms with E-state index in [4.69, 9.17) is 0 Å². The van der Waals surface area contributed by atoms with Crippen molar-refractivity contribution in [3.8, 4) is 0 Å². The van der Waals surface area contributed by atoms with Crippen molar-refractivity contribution in [2.75, 3.05) is 5.32 Å². The fourth-order valence-electron chi connectivity index (χ4n) is 2.02. The molecule has 0 aliphatic rings. The van der Waals surface area contributed by atoms with Crippen molar-refractivity contribution in [3.05, 3.63) is 61.7 Å². The molecule has 1 heterocycles. The standard InChI is InChI=1S/C14H11F4N3O3/c1-6-8(12(23)21-13(24)19-6)5-11(22)20-7-2-3-10(15)9(4-7)14(16,17)18/h2-4H,5H2,1H3,(H,20,22)(H2,19,21,23,24). The molecule has 24 heavy (non-hydrogen) atoms. The Labute approximate surface area is 131 Å². The van der Waals surface area contributed by atoms with Gasteiger partial charge in [0.2, 0.25) is 5.91 Å². The van der Waals surface area contributed by atoms with Gasteiger partial charge in [0.1, 0.15) is 5.82 Å². The van der Waals surface area contributed by atoms with Gasteiger partial charge in [-0.05, 0) is 25.1 Å². The summed E-state index contributed by atoms with van der Waals surface area (Å²) in [5.74, 6) is -2.26. The van der Waals surface area contributed by atoms with Crippen molar-refractivity contribution in [1.82, 2.24) is 9.97 Å². The van der Waals surface area contributed by atoms with Crippen LogP contribution < -0.4 is 16.6 Å². The first kappa shape index (κ1) is 17.4. The second kappa shape index (κ2) is 6.30. The van der Waals surface area contributed by atoms with E-state index in [1.807, 2.05) is 4.98 Å². The molecule has 0 aliphatic carbocycles. The van der Waals surface area contributed by atoms with E-state index in [0.29, 0.717) is 12.1 Å². The largest absolute Gasteiger partial charge is 0.419 e. The van der Waals surface area contributed by atoms with Gasteiger partial charge in [-0.3, -0.25) is 14.6 Å². The minimum atomic E-state index is -4.91. The molecule has 10 heteroatoms. The molecule has 0 radical (unpaired) electrons. The van der Waals surface area contributed by atoms with E-state index in [-0.39, 0.29) is 16.9 Å². The van der Waals surface area contributed by atoms with Crippen LogP contribution in [-0.2, 0) is 17.4 Å². The first-order valence-corrected chi connectivity index (χ1v) is 6.56. The second-order valence-corrected chi connectivity index (χ2v) is 4.93. The molecule has 0 atom stereocenters. The SMILES string of the molecule is Cc1[nH]c(=O)[nH]c(=O)c1CC(=O)Nc1ccc(F)c(C(F)(F)F)c1. The number of aromatic amines is 2. The second-order valence-electron chi connectivity index (χ2n) is 4.93. The monoisotopic (exact) mass is 345 g/mol. The number of aryl methyl sites for hydroxylation is 1. The number of alkyl halides is 3. The smallest absolute Gasteiger partial charge is 0.326 e. The first-order valence-electron chi connectivity index (χ1n) is 6.56. The van der Waals surface area contributed by atoms with Crippen LogP contribution in [0.15, 0.2) is 27.8 Å². The third kappa shape index (κ3) is 3.89. The molecule has 1 aromatic heterocycles. The average molecular weight is 345 g/mol. The van der Waals surface area contributed by atoms with Crippen molar-refractivity contribution in [3.63, 3.8) is 0 Å². The van der Waals surface area contributed by atoms with Crippen LogP contribution >= 0.6 is 0 Å². The highest BCUT2D eigenvalue weighted by Crippen LogP contribution is 2.32. The van der Waals surface area contributed by atoms with E-state index >= 15 is 0 Å². The van der Waals surface area contributed by atoms with Gasteiger partial charge < -0.3 is 10.3 Å². The van der Waals surface area contributed by atoms with Crippen molar-refractivity contribution >= 4 is 11.6 Å². The van der Waals surface area contributed by atoms with Crippen molar-refractivity contribution < 1.29 is 22.4 Å². The average Bonchev–Trinajstić information content (AvgIpc) is 2.43. The van der Waals surface area contributed by atoms with E-state index in [1.54, 1.807) is 0 Å². The van der Waals surface area contributed by atoms with E-state index in [0.717, 1.165) is 6.07 Å². The topological polar surface area (TPSA) is 94.8 Å². The molecule has 0 bridgehead atoms. The first-order chi connectivity index (χ1) is 11.1. The van der Waals surface area contributed by atoms with Gasteiger partial charge in [-0.1, -0.05) is 0 Å². The van der Waals surface area contributed by atoms with E-state index in [2.05, 4.69) is 10.3 Å². The fraction of sp³-hybridized carbons (Fsp3) is 0.214. The zero-order valence-electron chi connectivity index (χ0n) is 12.2. The lowest BCUT2D eigenvalue weighted by molar-refractivity contribution is -0.140. The summed E-state index contributed by atoms with van der Waals surface area (Å²) in [5.41, 5.74) is -3.18. The van der Waals surface area contributed by atoms with Crippen LogP contribution in [0.1, 0.15) is 16.8 Å². The van der Waals surface area contributed by atoms with E-state index in [1.165, 1.54) is 6.92 Å². The van der Waals surface area contributed by atoms with Crippen LogP contribution in [-0.4, -0.2) is 15.9 Å². The van der Waals surface area contributed by atoms with Crippen LogP contribution in [0.4, 0.5) is 23.2 Å². The quantitative estimate of drug-likeness (QED) is 0.739. The molecule has 0 aliphatic heterocycles. The van der Waals surface area contributed by atoms with Gasteiger partial charge in [0, 0.05) is 16.9 Å². The third-order valence-electron chi connectivity index (χ3n) is 3.15. The van der Waals surface area contributed by atoms with Gasteiger partial charge in [0.05, 0.1) is 12.0 Å². The highest BCUT2D eigenvalue weighted by Gasteiger charge is 2.34. The van der Waals surface area contributed by atoms with Crippen LogP contribution in [0, 0.1) is 12.7 Å². The zero-order valence-corrected chi connectivity index (χ0v) is 12.2. The molecule has 2 aromatic rings. The molecule has 0 spiro atoms. The molecule has 128 valence electrons. The summed E-state index contributed by atoms with van der Waals surface area (Å²) in [6, 6.07) is 2.00. The number of carbonyl (C=O) groups is 1. The number of halogens is 4. The highest BCUT2D eigenvalue weighted by atomic mass is 19.4. The summed E-state index contributed by atoms with van der Waals surface area (Å²) < 4.78 is 51.1. The number of rotatable bonds is 3. The fourth-order valence-corrected chi connectivity index (χ4v) is 2.02. The van der Waals surface area contributed by atoms with E-state index in [9.17, 15) is 31.9 Å². The Bertz CT molecular complexity index is 899. The molecular weight excluding hydrogens is 334 g/mol. The van der Waals surface area contributed by atoms with Crippen LogP contribution in [0.2, 0.25) is 0 Å². The van der Waals surface area contributed by atoms with Gasteiger partial charge >= 0.3 is 11.9 Å². The third-order valence-corrected chi connectivity index (χ3v) is 3.15. The normalized spacial score (nSPS) is 11.4. The van der Waals surface area contributed by atoms with Crippen molar-refractivity contribution in [1.29, 1.82) is 0 Å². The Hall–Kier alpha value is -2.91. The predicted octanol–water partition coefficient (Wildman–Crippen LogP) is 1.71. The maximum absolute atomic E-state index is 13.2. The van der Waals surface area contributed by atoms with Crippen molar-refractivity contribution in [2.24, 2.45) is 0 Å². The molecule has 1 amide bonds. The maximum atomic E-state index is 13.2. The zero-order chi connectivity index (χ0) is 18.1. The van der Waals surface area contributed by atoms with Gasteiger partial charge in [-0.15, -0.1) is 0 Å². The number of amides is 1. The van der Waals surface area contributed by atoms with Gasteiger partial charge in [-0.25, -0.2) is 9.18 Å². The highest BCUT2D eigenvalue weighted by molar-refractivity contribution is 5.92. The number of H-pyrrole nitrogens is 2. The number of aromatic nitrogens is 2. The lowest BCUT2D eigenvalue weighted by Crippen LogP contribution is -2.29. The number of benzene rings is 1. The van der Waals surface area contributed by atoms with Gasteiger partial charge in [0.25, 0.3) is 5.56 Å². The maximum Gasteiger partial charge on any atom is 0.419 e. The lowest BCUT2D eigenvalue weighted by atomic mass is 10.1. The summed E-state index contributed by atoms with van der Waals surface area (Å²) in [6.45, 7) is 1.40. The minimum absolute atomic E-state index is 0.0368. The molecule has 2 rings (SSSR count). The van der Waals surface area contributed by atoms with Crippen LogP contribution in [0.3, 0.4) is 0 Å². The number of nitrogens with one attached hydrogen (secondary N) is 3. The molecule has 0 saturated heterocycles. The van der Waals surface area contributed by atoms with Gasteiger partial charge in [0.15, 0.2) is 0 Å². The summed E-state index contributed by atoms with van der Waals surface area (Å²) in [5, 5.41) is 2.15.